The summed E-state index contributed by atoms with van der Waals surface area (Å²) in [4.78, 5) is 8.87. The molecular formula is C24H38N6O. The van der Waals surface area contributed by atoms with E-state index in [1.165, 1.54) is 49.7 Å². The van der Waals surface area contributed by atoms with Crippen molar-refractivity contribution in [2.75, 3.05) is 36.9 Å². The summed E-state index contributed by atoms with van der Waals surface area (Å²) in [5.41, 5.74) is 3.37. The van der Waals surface area contributed by atoms with Gasteiger partial charge in [-0.2, -0.15) is 4.98 Å². The second kappa shape index (κ2) is 13.2. The first-order chi connectivity index (χ1) is 15.2. The highest BCUT2D eigenvalue weighted by molar-refractivity contribution is 5.42. The first-order valence-electron chi connectivity index (χ1n) is 11.7. The Kier molecular flexibility index (Phi) is 10.0. The van der Waals surface area contributed by atoms with Crippen LogP contribution in [-0.4, -0.2) is 47.4 Å². The number of hydrogen-bond acceptors (Lipinski definition) is 7. The van der Waals surface area contributed by atoms with Gasteiger partial charge in [0.2, 0.25) is 5.95 Å². The van der Waals surface area contributed by atoms with Gasteiger partial charge in [0.15, 0.2) is 0 Å². The fourth-order valence-corrected chi connectivity index (χ4v) is 3.94. The lowest BCUT2D eigenvalue weighted by Gasteiger charge is -2.22. The maximum absolute atomic E-state index is 8.95. The molecule has 170 valence electrons. The molecule has 7 nitrogen and oxygen atoms in total. The van der Waals surface area contributed by atoms with E-state index in [-0.39, 0.29) is 6.61 Å². The minimum atomic E-state index is 0.0738. The summed E-state index contributed by atoms with van der Waals surface area (Å²) in [7, 11) is 0. The molecule has 0 bridgehead atoms. The van der Waals surface area contributed by atoms with Crippen molar-refractivity contribution in [3.8, 4) is 0 Å². The summed E-state index contributed by atoms with van der Waals surface area (Å²) in [6.45, 7) is 6.21. The number of anilines is 2. The predicted molar refractivity (Wildman–Crippen MR) is 127 cm³/mol. The number of nitrogens with zero attached hydrogens (tertiary/aromatic N) is 2. The van der Waals surface area contributed by atoms with Crippen LogP contribution >= 0.6 is 0 Å². The van der Waals surface area contributed by atoms with E-state index in [9.17, 15) is 0 Å². The maximum atomic E-state index is 8.95. The Morgan fingerprint density at radius 3 is 2.39 bits per heavy atom. The number of benzene rings is 1. The van der Waals surface area contributed by atoms with Crippen molar-refractivity contribution in [1.82, 2.24) is 20.6 Å². The zero-order valence-corrected chi connectivity index (χ0v) is 18.8. The summed E-state index contributed by atoms with van der Waals surface area (Å²) in [5, 5.41) is 22.6. The van der Waals surface area contributed by atoms with E-state index in [1.54, 1.807) is 0 Å². The summed E-state index contributed by atoms with van der Waals surface area (Å²) >= 11 is 0. The highest BCUT2D eigenvalue weighted by Gasteiger charge is 2.11. The van der Waals surface area contributed by atoms with Crippen molar-refractivity contribution in [3.63, 3.8) is 0 Å². The van der Waals surface area contributed by atoms with Crippen molar-refractivity contribution < 1.29 is 5.11 Å². The molecular weight excluding hydrogens is 388 g/mol. The maximum Gasteiger partial charge on any atom is 0.225 e. The Labute approximate surface area is 186 Å². The second-order valence-electron chi connectivity index (χ2n) is 8.36. The smallest absolute Gasteiger partial charge is 0.225 e. The predicted octanol–water partition coefficient (Wildman–Crippen LogP) is 3.20. The van der Waals surface area contributed by atoms with Crippen molar-refractivity contribution in [1.29, 1.82) is 0 Å². The monoisotopic (exact) mass is 426 g/mol. The molecule has 3 rings (SSSR count). The highest BCUT2D eigenvalue weighted by Crippen LogP contribution is 2.17. The summed E-state index contributed by atoms with van der Waals surface area (Å²) in [6.07, 6.45) is 8.08. The summed E-state index contributed by atoms with van der Waals surface area (Å²) < 4.78 is 0. The second-order valence-corrected chi connectivity index (χ2v) is 8.36. The van der Waals surface area contributed by atoms with E-state index in [4.69, 9.17) is 5.11 Å². The van der Waals surface area contributed by atoms with Gasteiger partial charge in [-0.05, 0) is 50.4 Å². The first-order valence-corrected chi connectivity index (χ1v) is 11.7. The molecule has 1 aliphatic carbocycles. The molecule has 1 fully saturated rings. The number of nitrogens with one attached hydrogen (secondary N) is 4. The molecule has 1 aromatic heterocycles. The van der Waals surface area contributed by atoms with Crippen LogP contribution < -0.4 is 21.3 Å². The highest BCUT2D eigenvalue weighted by atomic mass is 16.3. The van der Waals surface area contributed by atoms with Gasteiger partial charge in [-0.15, -0.1) is 0 Å². The molecule has 0 amide bonds. The fourth-order valence-electron chi connectivity index (χ4n) is 3.94. The topological polar surface area (TPSA) is 94.1 Å². The van der Waals surface area contributed by atoms with Crippen LogP contribution in [0.2, 0.25) is 0 Å². The van der Waals surface area contributed by atoms with E-state index in [2.05, 4.69) is 55.5 Å². The Bertz CT molecular complexity index is 761. The average Bonchev–Trinajstić information content (AvgIpc) is 2.80. The molecule has 1 aliphatic rings. The van der Waals surface area contributed by atoms with E-state index < -0.39 is 0 Å². The molecule has 31 heavy (non-hydrogen) atoms. The number of aromatic nitrogens is 2. The SMILES string of the molecule is Cc1cc(NCCO)nc(NCc2ccc(CNCCCNC3CCCCC3)cc2)n1. The molecule has 0 aliphatic heterocycles. The van der Waals surface area contributed by atoms with Gasteiger partial charge in [0.25, 0.3) is 0 Å². The van der Waals surface area contributed by atoms with Crippen LogP contribution in [0.4, 0.5) is 11.8 Å². The van der Waals surface area contributed by atoms with Crippen LogP contribution in [0.25, 0.3) is 0 Å². The molecule has 2 aromatic rings. The van der Waals surface area contributed by atoms with Crippen LogP contribution in [0, 0.1) is 6.92 Å². The fraction of sp³-hybridized carbons (Fsp3) is 0.583. The van der Waals surface area contributed by atoms with E-state index >= 15 is 0 Å². The van der Waals surface area contributed by atoms with Crippen molar-refractivity contribution in [3.05, 3.63) is 47.2 Å². The number of aliphatic hydroxyl groups excluding tert-OH is 1. The largest absolute Gasteiger partial charge is 0.395 e. The molecule has 0 radical (unpaired) electrons. The quantitative estimate of drug-likeness (QED) is 0.314. The van der Waals surface area contributed by atoms with Crippen LogP contribution in [0.15, 0.2) is 30.3 Å². The first kappa shape index (κ1) is 23.4. The van der Waals surface area contributed by atoms with Gasteiger partial charge in [-0.3, -0.25) is 0 Å². The minimum Gasteiger partial charge on any atom is -0.395 e. The minimum absolute atomic E-state index is 0.0738. The van der Waals surface area contributed by atoms with Gasteiger partial charge in [0, 0.05) is 37.4 Å². The normalized spacial score (nSPS) is 14.5. The molecule has 0 atom stereocenters. The molecule has 0 saturated heterocycles. The average molecular weight is 427 g/mol. The lowest BCUT2D eigenvalue weighted by atomic mass is 9.95. The lowest BCUT2D eigenvalue weighted by Crippen LogP contribution is -2.33. The van der Waals surface area contributed by atoms with Gasteiger partial charge < -0.3 is 26.4 Å². The third-order valence-corrected chi connectivity index (χ3v) is 5.64. The van der Waals surface area contributed by atoms with Crippen molar-refractivity contribution in [2.24, 2.45) is 0 Å². The zero-order chi connectivity index (χ0) is 21.7. The molecule has 7 heteroatoms. The van der Waals surface area contributed by atoms with Crippen LogP contribution in [-0.2, 0) is 13.1 Å². The number of hydrogen-bond donors (Lipinski definition) is 5. The Morgan fingerprint density at radius 2 is 1.65 bits per heavy atom. The summed E-state index contributed by atoms with van der Waals surface area (Å²) in [5.74, 6) is 1.31. The van der Waals surface area contributed by atoms with Crippen molar-refractivity contribution in [2.45, 2.75) is 64.6 Å². The third kappa shape index (κ3) is 8.81. The summed E-state index contributed by atoms with van der Waals surface area (Å²) in [6, 6.07) is 11.3. The van der Waals surface area contributed by atoms with E-state index in [0.717, 1.165) is 37.2 Å². The van der Waals surface area contributed by atoms with E-state index in [0.29, 0.717) is 19.0 Å². The van der Waals surface area contributed by atoms with Crippen molar-refractivity contribution >= 4 is 11.8 Å². The zero-order valence-electron chi connectivity index (χ0n) is 18.8. The van der Waals surface area contributed by atoms with Gasteiger partial charge >= 0.3 is 0 Å². The molecule has 5 N–H and O–H groups in total. The van der Waals surface area contributed by atoms with Gasteiger partial charge in [-0.1, -0.05) is 43.5 Å². The van der Waals surface area contributed by atoms with Gasteiger partial charge in [0.05, 0.1) is 6.61 Å². The molecule has 0 spiro atoms. The van der Waals surface area contributed by atoms with Crippen LogP contribution in [0.5, 0.6) is 0 Å². The van der Waals surface area contributed by atoms with Crippen LogP contribution in [0.1, 0.15) is 55.3 Å². The van der Waals surface area contributed by atoms with Gasteiger partial charge in [0.1, 0.15) is 5.82 Å². The molecule has 1 aromatic carbocycles. The Hall–Kier alpha value is -2.22. The van der Waals surface area contributed by atoms with Crippen LogP contribution in [0.3, 0.4) is 0 Å². The molecule has 0 unspecified atom stereocenters. The van der Waals surface area contributed by atoms with E-state index in [1.807, 2.05) is 13.0 Å². The Balaban J connectivity index is 1.33. The Morgan fingerprint density at radius 1 is 0.903 bits per heavy atom. The number of rotatable bonds is 13. The molecule has 1 saturated carbocycles. The number of aliphatic hydroxyl groups is 1. The lowest BCUT2D eigenvalue weighted by molar-refractivity contribution is 0.311. The number of aryl methyl sites for hydroxylation is 1. The standard InChI is InChI=1S/C24H38N6O/c1-19-16-23(27-14-15-31)30-24(29-19)28-18-21-10-8-20(9-11-21)17-25-12-5-13-26-22-6-3-2-4-7-22/h8-11,16,22,25-26,31H,2-7,12-15,17-18H2,1H3,(H2,27,28,29,30). The molecule has 1 heterocycles. The third-order valence-electron chi connectivity index (χ3n) is 5.64. The van der Waals surface area contributed by atoms with Gasteiger partial charge in [-0.25, -0.2) is 4.98 Å².